The van der Waals surface area contributed by atoms with Gasteiger partial charge in [-0.2, -0.15) is 8.42 Å². The molecule has 0 aliphatic carbocycles. The number of ether oxygens (including phenoxy) is 1. The quantitative estimate of drug-likeness (QED) is 0.395. The zero-order valence-electron chi connectivity index (χ0n) is 20.2. The smallest absolute Gasteiger partial charge is 0.326 e. The van der Waals surface area contributed by atoms with E-state index in [2.05, 4.69) is 15.9 Å². The first-order chi connectivity index (χ1) is 15.4. The number of aliphatic carboxylic acids is 1. The minimum absolute atomic E-state index is 0.0788. The lowest BCUT2D eigenvalue weighted by Crippen LogP contribution is -2.47. The van der Waals surface area contributed by atoms with E-state index in [9.17, 15) is 27.9 Å². The molecule has 0 radical (unpaired) electrons. The highest BCUT2D eigenvalue weighted by molar-refractivity contribution is 9.10. The van der Waals surface area contributed by atoms with Gasteiger partial charge in [-0.15, -0.1) is 0 Å². The summed E-state index contributed by atoms with van der Waals surface area (Å²) >= 11 is 3.23. The molecule has 34 heavy (non-hydrogen) atoms. The summed E-state index contributed by atoms with van der Waals surface area (Å²) in [5.74, 6) is -3.27. The number of hydrogen-bond acceptors (Lipinski definition) is 7. The zero-order valence-corrected chi connectivity index (χ0v) is 22.6. The Labute approximate surface area is 209 Å². The number of benzene rings is 1. The minimum atomic E-state index is -4.17. The molecule has 1 amide bonds. The van der Waals surface area contributed by atoms with Gasteiger partial charge in [0, 0.05) is 17.4 Å². The van der Waals surface area contributed by atoms with E-state index in [1.54, 1.807) is 53.7 Å². The first kappa shape index (κ1) is 28.3. The fraction of sp³-hybridized carbons (Fsp3) is 0.609. The number of carbonyl (C=O) groups is 3. The van der Waals surface area contributed by atoms with Crippen molar-refractivity contribution in [2.45, 2.75) is 77.0 Å². The molecular weight excluding hydrogens is 530 g/mol. The van der Waals surface area contributed by atoms with Crippen molar-refractivity contribution in [3.05, 3.63) is 28.7 Å². The van der Waals surface area contributed by atoms with Crippen LogP contribution in [0.5, 0.6) is 0 Å². The van der Waals surface area contributed by atoms with Gasteiger partial charge in [-0.3, -0.25) is 13.8 Å². The van der Waals surface area contributed by atoms with Gasteiger partial charge < -0.3 is 14.7 Å². The molecule has 190 valence electrons. The van der Waals surface area contributed by atoms with Crippen LogP contribution in [0.15, 0.2) is 33.6 Å². The summed E-state index contributed by atoms with van der Waals surface area (Å²) < 4.78 is 36.7. The van der Waals surface area contributed by atoms with E-state index in [0.717, 1.165) is 4.90 Å². The van der Waals surface area contributed by atoms with Crippen molar-refractivity contribution in [3.63, 3.8) is 0 Å². The lowest BCUT2D eigenvalue weighted by atomic mass is 9.77. The average molecular weight is 562 g/mol. The number of rotatable bonds is 7. The van der Waals surface area contributed by atoms with E-state index in [0.29, 0.717) is 4.47 Å². The monoisotopic (exact) mass is 561 g/mol. The lowest BCUT2D eigenvalue weighted by Gasteiger charge is -2.34. The molecule has 11 heteroatoms. The van der Waals surface area contributed by atoms with Crippen LogP contribution in [0, 0.1) is 11.3 Å². The Morgan fingerprint density at radius 3 is 2.15 bits per heavy atom. The maximum absolute atomic E-state index is 13.5. The third-order valence-corrected chi connectivity index (χ3v) is 7.23. The van der Waals surface area contributed by atoms with Crippen molar-refractivity contribution in [2.24, 2.45) is 11.3 Å². The van der Waals surface area contributed by atoms with Crippen LogP contribution in [0.2, 0.25) is 0 Å². The Hall–Kier alpha value is -1.98. The standard InChI is InChI=1S/C23H32BrNO8S/c1-22(2,3)17(12-19(26)32-23(4,5)6)20(27)25-13-15(11-18(25)21(28)29)33-34(30,31)16-9-7-14(24)8-10-16/h7-10,15,17-18H,11-13H2,1-6H3,(H,28,29)/t15-,17+,18-/m0/s1. The lowest BCUT2D eigenvalue weighted by molar-refractivity contribution is -0.161. The van der Waals surface area contributed by atoms with Gasteiger partial charge in [0.05, 0.1) is 23.3 Å². The van der Waals surface area contributed by atoms with Gasteiger partial charge in [-0.25, -0.2) is 4.79 Å². The molecule has 1 saturated heterocycles. The fourth-order valence-corrected chi connectivity index (χ4v) is 5.04. The third-order valence-electron chi connectivity index (χ3n) is 5.33. The second kappa shape index (κ2) is 10.3. The molecule has 0 spiro atoms. The molecule has 1 aromatic rings. The first-order valence-electron chi connectivity index (χ1n) is 10.8. The number of likely N-dealkylation sites (tertiary alicyclic amines) is 1. The fourth-order valence-electron chi connectivity index (χ4n) is 3.69. The van der Waals surface area contributed by atoms with Crippen LogP contribution in [-0.4, -0.2) is 60.6 Å². The Morgan fingerprint density at radius 1 is 1.12 bits per heavy atom. The molecule has 1 aliphatic heterocycles. The molecule has 1 N–H and O–H groups in total. The Kier molecular flexibility index (Phi) is 8.59. The largest absolute Gasteiger partial charge is 0.480 e. The van der Waals surface area contributed by atoms with Crippen molar-refractivity contribution in [1.82, 2.24) is 4.90 Å². The van der Waals surface area contributed by atoms with Crippen molar-refractivity contribution < 1.29 is 36.8 Å². The zero-order chi connectivity index (χ0) is 26.1. The van der Waals surface area contributed by atoms with Gasteiger partial charge in [0.15, 0.2) is 0 Å². The van der Waals surface area contributed by atoms with Crippen LogP contribution < -0.4 is 0 Å². The maximum atomic E-state index is 13.5. The normalized spacial score (nSPS) is 20.1. The van der Waals surface area contributed by atoms with Gasteiger partial charge in [-0.05, 0) is 50.5 Å². The number of halogens is 1. The predicted octanol–water partition coefficient (Wildman–Crippen LogP) is 3.60. The number of hydrogen-bond donors (Lipinski definition) is 1. The summed E-state index contributed by atoms with van der Waals surface area (Å²) in [6.07, 6.45) is -1.47. The maximum Gasteiger partial charge on any atom is 0.326 e. The van der Waals surface area contributed by atoms with Crippen LogP contribution in [0.3, 0.4) is 0 Å². The van der Waals surface area contributed by atoms with E-state index < -0.39 is 57.0 Å². The van der Waals surface area contributed by atoms with E-state index in [1.807, 2.05) is 0 Å². The van der Waals surface area contributed by atoms with Crippen LogP contribution >= 0.6 is 15.9 Å². The average Bonchev–Trinajstić information content (AvgIpc) is 3.07. The molecule has 0 saturated carbocycles. The van der Waals surface area contributed by atoms with Gasteiger partial charge in [0.25, 0.3) is 10.1 Å². The van der Waals surface area contributed by atoms with Gasteiger partial charge in [-0.1, -0.05) is 36.7 Å². The molecular formula is C23H32BrNO8S. The van der Waals surface area contributed by atoms with Crippen molar-refractivity contribution in [3.8, 4) is 0 Å². The highest BCUT2D eigenvalue weighted by Gasteiger charge is 2.46. The number of carboxylic acids is 1. The SMILES string of the molecule is CC(C)(C)OC(=O)C[C@H](C(=O)N1C[C@@H](OS(=O)(=O)c2ccc(Br)cc2)C[C@H]1C(=O)O)C(C)(C)C. The van der Waals surface area contributed by atoms with E-state index in [1.165, 1.54) is 12.1 Å². The minimum Gasteiger partial charge on any atom is -0.480 e. The van der Waals surface area contributed by atoms with E-state index in [4.69, 9.17) is 8.92 Å². The summed E-state index contributed by atoms with van der Waals surface area (Å²) in [6.45, 7) is 10.2. The molecule has 9 nitrogen and oxygen atoms in total. The molecule has 3 atom stereocenters. The topological polar surface area (TPSA) is 127 Å². The number of nitrogens with zero attached hydrogens (tertiary/aromatic N) is 1. The van der Waals surface area contributed by atoms with E-state index in [-0.39, 0.29) is 24.3 Å². The molecule has 1 aromatic carbocycles. The van der Waals surface area contributed by atoms with Crippen LogP contribution in [0.1, 0.15) is 54.4 Å². The summed E-state index contributed by atoms with van der Waals surface area (Å²) in [4.78, 5) is 38.9. The van der Waals surface area contributed by atoms with Gasteiger partial charge >= 0.3 is 11.9 Å². The molecule has 1 heterocycles. The highest BCUT2D eigenvalue weighted by atomic mass is 79.9. The molecule has 0 bridgehead atoms. The van der Waals surface area contributed by atoms with Crippen LogP contribution in [0.4, 0.5) is 0 Å². The van der Waals surface area contributed by atoms with E-state index >= 15 is 0 Å². The first-order valence-corrected chi connectivity index (χ1v) is 13.0. The second-order valence-corrected chi connectivity index (χ2v) is 12.9. The number of esters is 1. The van der Waals surface area contributed by atoms with Crippen LogP contribution in [0.25, 0.3) is 0 Å². The number of amides is 1. The second-order valence-electron chi connectivity index (χ2n) is 10.4. The molecule has 1 aliphatic rings. The Morgan fingerprint density at radius 2 is 1.68 bits per heavy atom. The Bertz CT molecular complexity index is 1020. The van der Waals surface area contributed by atoms with Crippen molar-refractivity contribution in [1.29, 1.82) is 0 Å². The number of carbonyl (C=O) groups excluding carboxylic acids is 2. The predicted molar refractivity (Wildman–Crippen MR) is 127 cm³/mol. The summed E-state index contributed by atoms with van der Waals surface area (Å²) in [5, 5.41) is 9.72. The van der Waals surface area contributed by atoms with Crippen molar-refractivity contribution in [2.75, 3.05) is 6.54 Å². The summed E-state index contributed by atoms with van der Waals surface area (Å²) in [6, 6.07) is 4.54. The van der Waals surface area contributed by atoms with Gasteiger partial charge in [0.1, 0.15) is 11.6 Å². The Balaban J connectivity index is 2.25. The molecule has 0 aromatic heterocycles. The van der Waals surface area contributed by atoms with Gasteiger partial charge in [0.2, 0.25) is 5.91 Å². The summed E-state index contributed by atoms with van der Waals surface area (Å²) in [7, 11) is -4.17. The molecule has 2 rings (SSSR count). The third kappa shape index (κ3) is 7.51. The highest BCUT2D eigenvalue weighted by Crippen LogP contribution is 2.35. The number of carboxylic acid groups (broad SMARTS) is 1. The summed E-state index contributed by atoms with van der Waals surface area (Å²) in [5.41, 5.74) is -1.42. The molecule has 1 fully saturated rings. The molecule has 0 unspecified atom stereocenters. The van der Waals surface area contributed by atoms with Crippen LogP contribution in [-0.2, 0) is 33.4 Å². The van der Waals surface area contributed by atoms with Crippen molar-refractivity contribution >= 4 is 43.9 Å².